The van der Waals surface area contributed by atoms with Gasteiger partial charge in [0.1, 0.15) is 0 Å². The van der Waals surface area contributed by atoms with E-state index in [1.165, 1.54) is 18.6 Å². The van der Waals surface area contributed by atoms with Gasteiger partial charge in [-0.25, -0.2) is 4.79 Å². The number of carboxylic acids is 1. The predicted molar refractivity (Wildman–Crippen MR) is 136 cm³/mol. The van der Waals surface area contributed by atoms with Crippen LogP contribution in [0, 0.1) is 0 Å². The summed E-state index contributed by atoms with van der Waals surface area (Å²) in [5.74, 6) is -1.13. The third kappa shape index (κ3) is 5.60. The van der Waals surface area contributed by atoms with Gasteiger partial charge in [0.25, 0.3) is 0 Å². The molecule has 0 radical (unpaired) electrons. The van der Waals surface area contributed by atoms with Gasteiger partial charge in [0.2, 0.25) is 5.91 Å². The largest absolute Gasteiger partial charge is 0.478 e. The molecule has 0 saturated carbocycles. The fraction of sp³-hybridized carbons (Fsp3) is 0.286. The standard InChI is InChI=1S/C28H29ClN2O3/c1-19-7-5-6-16-31(19)25-15-14-23(29)18-24(25)27(21-8-3-2-4-9-21)30-26(32)17-20-10-12-22(13-11-20)28(33)34/h2-4,8-15,18-19,27H,5-7,16-17H2,1H3,(H,30,32)(H,33,34). The maximum absolute atomic E-state index is 13.2. The van der Waals surface area contributed by atoms with Crippen molar-refractivity contribution >= 4 is 29.2 Å². The molecule has 5 nitrogen and oxygen atoms in total. The monoisotopic (exact) mass is 476 g/mol. The molecule has 176 valence electrons. The number of nitrogens with zero attached hydrogens (tertiary/aromatic N) is 1. The van der Waals surface area contributed by atoms with Crippen molar-refractivity contribution < 1.29 is 14.7 Å². The number of aromatic carboxylic acids is 1. The van der Waals surface area contributed by atoms with Crippen molar-refractivity contribution in [1.82, 2.24) is 5.32 Å². The molecular formula is C28H29ClN2O3. The molecule has 0 spiro atoms. The summed E-state index contributed by atoms with van der Waals surface area (Å²) in [7, 11) is 0. The van der Waals surface area contributed by atoms with Crippen LogP contribution < -0.4 is 10.2 Å². The lowest BCUT2D eigenvalue weighted by atomic mass is 9.94. The molecule has 1 aliphatic rings. The first kappa shape index (κ1) is 23.8. The smallest absolute Gasteiger partial charge is 0.335 e. The summed E-state index contributed by atoms with van der Waals surface area (Å²) in [6, 6.07) is 22.3. The summed E-state index contributed by atoms with van der Waals surface area (Å²) in [4.78, 5) is 26.7. The molecule has 3 aromatic rings. The van der Waals surface area contributed by atoms with Gasteiger partial charge in [-0.3, -0.25) is 4.79 Å². The first-order valence-corrected chi connectivity index (χ1v) is 12.0. The summed E-state index contributed by atoms with van der Waals surface area (Å²) < 4.78 is 0. The molecule has 1 amide bonds. The topological polar surface area (TPSA) is 69.6 Å². The second kappa shape index (κ2) is 10.7. The number of benzene rings is 3. The molecule has 1 saturated heterocycles. The van der Waals surface area contributed by atoms with Crippen LogP contribution in [0.3, 0.4) is 0 Å². The average molecular weight is 477 g/mol. The maximum atomic E-state index is 13.2. The zero-order valence-electron chi connectivity index (χ0n) is 19.2. The summed E-state index contributed by atoms with van der Waals surface area (Å²) >= 11 is 6.45. The first-order valence-electron chi connectivity index (χ1n) is 11.6. The van der Waals surface area contributed by atoms with Crippen LogP contribution in [0.25, 0.3) is 0 Å². The van der Waals surface area contributed by atoms with Crippen molar-refractivity contribution in [1.29, 1.82) is 0 Å². The molecule has 2 unspecified atom stereocenters. The van der Waals surface area contributed by atoms with Crippen LogP contribution in [0.15, 0.2) is 72.8 Å². The van der Waals surface area contributed by atoms with E-state index in [1.807, 2.05) is 42.5 Å². The van der Waals surface area contributed by atoms with E-state index in [0.29, 0.717) is 11.1 Å². The van der Waals surface area contributed by atoms with Gasteiger partial charge in [0.15, 0.2) is 0 Å². The molecule has 1 fully saturated rings. The average Bonchev–Trinajstić information content (AvgIpc) is 2.84. The van der Waals surface area contributed by atoms with Gasteiger partial charge in [-0.2, -0.15) is 0 Å². The molecule has 3 aromatic carbocycles. The number of nitrogens with one attached hydrogen (secondary N) is 1. The van der Waals surface area contributed by atoms with Crippen LogP contribution in [0.4, 0.5) is 5.69 Å². The lowest BCUT2D eigenvalue weighted by Gasteiger charge is -2.38. The number of piperidine rings is 1. The minimum atomic E-state index is -0.986. The molecule has 2 atom stereocenters. The second-order valence-electron chi connectivity index (χ2n) is 8.83. The molecule has 1 aliphatic heterocycles. The number of carbonyl (C=O) groups is 2. The van der Waals surface area contributed by atoms with E-state index in [4.69, 9.17) is 16.7 Å². The van der Waals surface area contributed by atoms with E-state index in [-0.39, 0.29) is 23.9 Å². The van der Waals surface area contributed by atoms with Crippen LogP contribution >= 0.6 is 11.6 Å². The summed E-state index contributed by atoms with van der Waals surface area (Å²) in [5.41, 5.74) is 4.00. The summed E-state index contributed by atoms with van der Waals surface area (Å²) in [5, 5.41) is 13.0. The van der Waals surface area contributed by atoms with Crippen LogP contribution in [0.1, 0.15) is 59.3 Å². The van der Waals surface area contributed by atoms with Gasteiger partial charge in [-0.1, -0.05) is 54.1 Å². The molecule has 0 bridgehead atoms. The van der Waals surface area contributed by atoms with Crippen LogP contribution in [-0.4, -0.2) is 29.6 Å². The molecule has 6 heteroatoms. The van der Waals surface area contributed by atoms with Crippen molar-refractivity contribution in [2.24, 2.45) is 0 Å². The number of halogens is 1. The quantitative estimate of drug-likeness (QED) is 0.447. The highest BCUT2D eigenvalue weighted by atomic mass is 35.5. The fourth-order valence-electron chi connectivity index (χ4n) is 4.62. The number of hydrogen-bond acceptors (Lipinski definition) is 3. The molecule has 0 aliphatic carbocycles. The summed E-state index contributed by atoms with van der Waals surface area (Å²) in [6.07, 6.45) is 3.65. The molecule has 4 rings (SSSR count). The maximum Gasteiger partial charge on any atom is 0.335 e. The summed E-state index contributed by atoms with van der Waals surface area (Å²) in [6.45, 7) is 3.22. The van der Waals surface area contributed by atoms with Crippen molar-refractivity contribution in [2.75, 3.05) is 11.4 Å². The molecule has 2 N–H and O–H groups in total. The highest BCUT2D eigenvalue weighted by Crippen LogP contribution is 2.36. The highest BCUT2D eigenvalue weighted by molar-refractivity contribution is 6.30. The van der Waals surface area contributed by atoms with E-state index in [2.05, 4.69) is 23.2 Å². The Bertz CT molecular complexity index is 1150. The zero-order valence-corrected chi connectivity index (χ0v) is 20.0. The van der Waals surface area contributed by atoms with E-state index < -0.39 is 5.97 Å². The molecule has 34 heavy (non-hydrogen) atoms. The van der Waals surface area contributed by atoms with Crippen molar-refractivity contribution in [3.63, 3.8) is 0 Å². The third-order valence-electron chi connectivity index (χ3n) is 6.42. The van der Waals surface area contributed by atoms with Crippen molar-refractivity contribution in [3.8, 4) is 0 Å². The highest BCUT2D eigenvalue weighted by Gasteiger charge is 2.26. The molecule has 0 aromatic heterocycles. The second-order valence-corrected chi connectivity index (χ2v) is 9.27. The van der Waals surface area contributed by atoms with Crippen LogP contribution in [0.2, 0.25) is 5.02 Å². The Morgan fingerprint density at radius 1 is 1.06 bits per heavy atom. The van der Waals surface area contributed by atoms with Crippen LogP contribution in [0.5, 0.6) is 0 Å². The Balaban J connectivity index is 1.65. The number of carboxylic acid groups (broad SMARTS) is 1. The Hall–Kier alpha value is -3.31. The Kier molecular flexibility index (Phi) is 7.53. The number of amides is 1. The van der Waals surface area contributed by atoms with Crippen LogP contribution in [-0.2, 0) is 11.2 Å². The lowest BCUT2D eigenvalue weighted by Crippen LogP contribution is -2.39. The number of hydrogen-bond donors (Lipinski definition) is 2. The zero-order chi connectivity index (χ0) is 24.1. The Labute approximate surface area is 205 Å². The van der Waals surface area contributed by atoms with Gasteiger partial charge in [0, 0.05) is 28.9 Å². The predicted octanol–water partition coefficient (Wildman–Crippen LogP) is 5.87. The van der Waals surface area contributed by atoms with E-state index >= 15 is 0 Å². The molecule has 1 heterocycles. The van der Waals surface area contributed by atoms with Gasteiger partial charge in [-0.05, 0) is 67.6 Å². The third-order valence-corrected chi connectivity index (χ3v) is 6.65. The first-order chi connectivity index (χ1) is 16.4. The van der Waals surface area contributed by atoms with Crippen molar-refractivity contribution in [3.05, 3.63) is 100 Å². The number of anilines is 1. The van der Waals surface area contributed by atoms with Gasteiger partial charge < -0.3 is 15.3 Å². The van der Waals surface area contributed by atoms with Gasteiger partial charge in [-0.15, -0.1) is 0 Å². The minimum Gasteiger partial charge on any atom is -0.478 e. The van der Waals surface area contributed by atoms with E-state index in [1.54, 1.807) is 12.1 Å². The SMILES string of the molecule is CC1CCCCN1c1ccc(Cl)cc1C(NC(=O)Cc1ccc(C(=O)O)cc1)c1ccccc1. The molecular weight excluding hydrogens is 448 g/mol. The van der Waals surface area contributed by atoms with Gasteiger partial charge in [0.05, 0.1) is 18.0 Å². The number of rotatable bonds is 7. The normalized spacial score (nSPS) is 16.6. The number of carbonyl (C=O) groups excluding carboxylic acids is 1. The lowest BCUT2D eigenvalue weighted by molar-refractivity contribution is -0.120. The van der Waals surface area contributed by atoms with E-state index in [0.717, 1.165) is 41.8 Å². The van der Waals surface area contributed by atoms with Crippen molar-refractivity contribution in [2.45, 2.75) is 44.7 Å². The fourth-order valence-corrected chi connectivity index (χ4v) is 4.80. The Morgan fingerprint density at radius 2 is 1.79 bits per heavy atom. The minimum absolute atomic E-state index is 0.144. The Morgan fingerprint density at radius 3 is 2.47 bits per heavy atom. The van der Waals surface area contributed by atoms with Gasteiger partial charge >= 0.3 is 5.97 Å². The van der Waals surface area contributed by atoms with E-state index in [9.17, 15) is 9.59 Å².